The average molecular weight is 357 g/mol. The Balaban J connectivity index is 1.54. The predicted octanol–water partition coefficient (Wildman–Crippen LogP) is 3.96. The van der Waals surface area contributed by atoms with E-state index in [0.717, 1.165) is 48.2 Å². The molecule has 0 radical (unpaired) electrons. The van der Waals surface area contributed by atoms with Gasteiger partial charge in [-0.1, -0.05) is 6.07 Å². The summed E-state index contributed by atoms with van der Waals surface area (Å²) in [6.45, 7) is 4.23. The predicted molar refractivity (Wildman–Crippen MR) is 109 cm³/mol. The zero-order chi connectivity index (χ0) is 18.4. The molecule has 136 valence electrons. The number of aromatic nitrogens is 4. The molecule has 0 unspecified atom stereocenters. The molecule has 1 N–H and O–H groups in total. The molecule has 0 amide bonds. The van der Waals surface area contributed by atoms with Crippen molar-refractivity contribution in [1.82, 2.24) is 25.1 Å². The van der Waals surface area contributed by atoms with Crippen molar-refractivity contribution < 1.29 is 0 Å². The molecule has 5 nitrogen and oxygen atoms in total. The van der Waals surface area contributed by atoms with Crippen LogP contribution in [0.4, 0.5) is 0 Å². The second-order valence-corrected chi connectivity index (χ2v) is 7.56. The van der Waals surface area contributed by atoms with E-state index in [9.17, 15) is 0 Å². The van der Waals surface area contributed by atoms with Gasteiger partial charge in [0.2, 0.25) is 0 Å². The number of piperidine rings is 1. The highest BCUT2D eigenvalue weighted by molar-refractivity contribution is 5.90. The third-order valence-corrected chi connectivity index (χ3v) is 5.55. The van der Waals surface area contributed by atoms with E-state index in [1.54, 1.807) is 0 Å². The van der Waals surface area contributed by atoms with Gasteiger partial charge in [0.15, 0.2) is 0 Å². The van der Waals surface area contributed by atoms with E-state index < -0.39 is 0 Å². The smallest absolute Gasteiger partial charge is 0.132 e. The molecule has 1 fully saturated rings. The fourth-order valence-corrected chi connectivity index (χ4v) is 4.10. The summed E-state index contributed by atoms with van der Waals surface area (Å²) >= 11 is 0. The summed E-state index contributed by atoms with van der Waals surface area (Å²) in [7, 11) is 1.96. The highest BCUT2D eigenvalue weighted by atomic mass is 15.2. The molecule has 0 atom stereocenters. The number of hydrogen-bond donors (Lipinski definition) is 1. The van der Waals surface area contributed by atoms with Crippen LogP contribution in [0, 0.1) is 6.92 Å². The fourth-order valence-electron chi connectivity index (χ4n) is 4.10. The van der Waals surface area contributed by atoms with Crippen LogP contribution < -0.4 is 5.32 Å². The zero-order valence-electron chi connectivity index (χ0n) is 15.7. The lowest BCUT2D eigenvalue weighted by atomic mass is 9.97. The molecule has 4 aromatic rings. The van der Waals surface area contributed by atoms with E-state index in [1.165, 1.54) is 22.1 Å². The van der Waals surface area contributed by atoms with E-state index in [4.69, 9.17) is 4.98 Å². The molecule has 2 aromatic carbocycles. The monoisotopic (exact) mass is 357 g/mol. The Morgan fingerprint density at radius 3 is 2.70 bits per heavy atom. The van der Waals surface area contributed by atoms with E-state index >= 15 is 0 Å². The van der Waals surface area contributed by atoms with E-state index in [0.29, 0.717) is 5.92 Å². The van der Waals surface area contributed by atoms with Gasteiger partial charge in [0, 0.05) is 36.1 Å². The van der Waals surface area contributed by atoms with E-state index in [2.05, 4.69) is 58.9 Å². The lowest BCUT2D eigenvalue weighted by molar-refractivity contribution is 0.446. The number of benzene rings is 2. The second kappa shape index (κ2) is 6.43. The molecule has 1 saturated heterocycles. The molecule has 0 aliphatic carbocycles. The molecule has 0 spiro atoms. The molecule has 1 aliphatic heterocycles. The SMILES string of the molecule is Cc1cc(-c2ccc3nc(C4CCNCC4)ncc3c2)cc2cn(C)nc12. The summed E-state index contributed by atoms with van der Waals surface area (Å²) in [6.07, 6.45) is 6.29. The first kappa shape index (κ1) is 16.4. The zero-order valence-corrected chi connectivity index (χ0v) is 15.7. The quantitative estimate of drug-likeness (QED) is 0.590. The van der Waals surface area contributed by atoms with Crippen molar-refractivity contribution >= 4 is 21.8 Å². The van der Waals surface area contributed by atoms with Gasteiger partial charge in [0.1, 0.15) is 5.82 Å². The van der Waals surface area contributed by atoms with Gasteiger partial charge in [0.05, 0.1) is 11.0 Å². The molecule has 3 heterocycles. The number of rotatable bonds is 2. The molecule has 2 aromatic heterocycles. The van der Waals surface area contributed by atoms with Gasteiger partial charge in [-0.05, 0) is 73.8 Å². The summed E-state index contributed by atoms with van der Waals surface area (Å²) in [5.74, 6) is 1.47. The molecule has 5 heteroatoms. The van der Waals surface area contributed by atoms with Gasteiger partial charge in [0.25, 0.3) is 0 Å². The van der Waals surface area contributed by atoms with Crippen LogP contribution in [0.3, 0.4) is 0 Å². The minimum Gasteiger partial charge on any atom is -0.317 e. The summed E-state index contributed by atoms with van der Waals surface area (Å²) in [5, 5.41) is 10.2. The number of aryl methyl sites for hydroxylation is 2. The number of hydrogen-bond acceptors (Lipinski definition) is 4. The summed E-state index contributed by atoms with van der Waals surface area (Å²) in [6, 6.07) is 10.9. The average Bonchev–Trinajstić information content (AvgIpc) is 3.09. The van der Waals surface area contributed by atoms with Gasteiger partial charge in [-0.25, -0.2) is 9.97 Å². The van der Waals surface area contributed by atoms with Gasteiger partial charge in [-0.2, -0.15) is 5.10 Å². The molecule has 27 heavy (non-hydrogen) atoms. The highest BCUT2D eigenvalue weighted by Crippen LogP contribution is 2.29. The fraction of sp³-hybridized carbons (Fsp3) is 0.318. The van der Waals surface area contributed by atoms with Crippen LogP contribution in [0.1, 0.15) is 30.1 Å². The number of fused-ring (bicyclic) bond motifs is 2. The minimum absolute atomic E-state index is 0.478. The van der Waals surface area contributed by atoms with Crippen LogP contribution >= 0.6 is 0 Å². The van der Waals surface area contributed by atoms with Crippen LogP contribution in [-0.2, 0) is 7.05 Å². The van der Waals surface area contributed by atoms with Crippen LogP contribution in [-0.4, -0.2) is 32.8 Å². The molecular formula is C22H23N5. The first-order valence-electron chi connectivity index (χ1n) is 9.59. The number of nitrogens with zero attached hydrogens (tertiary/aromatic N) is 4. The van der Waals surface area contributed by atoms with Gasteiger partial charge >= 0.3 is 0 Å². The topological polar surface area (TPSA) is 55.6 Å². The second-order valence-electron chi connectivity index (χ2n) is 7.56. The molecular weight excluding hydrogens is 334 g/mol. The lowest BCUT2D eigenvalue weighted by Crippen LogP contribution is -2.27. The molecule has 0 bridgehead atoms. The maximum atomic E-state index is 4.85. The Hall–Kier alpha value is -2.79. The van der Waals surface area contributed by atoms with Crippen LogP contribution in [0.2, 0.25) is 0 Å². The highest BCUT2D eigenvalue weighted by Gasteiger charge is 2.18. The first-order chi connectivity index (χ1) is 13.2. The van der Waals surface area contributed by atoms with Crippen LogP contribution in [0.5, 0.6) is 0 Å². The van der Waals surface area contributed by atoms with Gasteiger partial charge in [-0.3, -0.25) is 4.68 Å². The molecule has 1 aliphatic rings. The summed E-state index contributed by atoms with van der Waals surface area (Å²) < 4.78 is 1.87. The van der Waals surface area contributed by atoms with E-state index in [1.807, 2.05) is 17.9 Å². The van der Waals surface area contributed by atoms with Crippen LogP contribution in [0.15, 0.2) is 42.7 Å². The Morgan fingerprint density at radius 1 is 1.04 bits per heavy atom. The maximum Gasteiger partial charge on any atom is 0.132 e. The van der Waals surface area contributed by atoms with Gasteiger partial charge in [-0.15, -0.1) is 0 Å². The Kier molecular flexibility index (Phi) is 3.90. The van der Waals surface area contributed by atoms with Crippen molar-refractivity contribution in [2.75, 3.05) is 13.1 Å². The third kappa shape index (κ3) is 2.98. The normalized spacial score (nSPS) is 15.6. The molecule has 5 rings (SSSR count). The summed E-state index contributed by atoms with van der Waals surface area (Å²) in [4.78, 5) is 9.54. The Bertz CT molecular complexity index is 1140. The van der Waals surface area contributed by atoms with Crippen molar-refractivity contribution in [3.8, 4) is 11.1 Å². The Labute approximate surface area is 158 Å². The maximum absolute atomic E-state index is 4.85. The van der Waals surface area contributed by atoms with Gasteiger partial charge < -0.3 is 5.32 Å². The van der Waals surface area contributed by atoms with Crippen molar-refractivity contribution in [3.63, 3.8) is 0 Å². The standard InChI is InChI=1S/C22H23N5/c1-14-9-17(11-19-13-27(2)26-21(14)19)16-3-4-20-18(10-16)12-24-22(25-20)15-5-7-23-8-6-15/h3-4,9-13,15,23H,5-8H2,1-2H3. The first-order valence-corrected chi connectivity index (χ1v) is 9.59. The van der Waals surface area contributed by atoms with Crippen LogP contribution in [0.25, 0.3) is 32.9 Å². The Morgan fingerprint density at radius 2 is 1.85 bits per heavy atom. The number of nitrogens with one attached hydrogen (secondary N) is 1. The van der Waals surface area contributed by atoms with Crippen molar-refractivity contribution in [1.29, 1.82) is 0 Å². The van der Waals surface area contributed by atoms with Crippen molar-refractivity contribution in [2.24, 2.45) is 7.05 Å². The lowest BCUT2D eigenvalue weighted by Gasteiger charge is -2.21. The minimum atomic E-state index is 0.478. The summed E-state index contributed by atoms with van der Waals surface area (Å²) in [5.41, 5.74) is 5.69. The van der Waals surface area contributed by atoms with Crippen molar-refractivity contribution in [2.45, 2.75) is 25.7 Å². The third-order valence-electron chi connectivity index (χ3n) is 5.55. The molecule has 0 saturated carbocycles. The van der Waals surface area contributed by atoms with Crippen molar-refractivity contribution in [3.05, 3.63) is 54.1 Å². The van der Waals surface area contributed by atoms with E-state index in [-0.39, 0.29) is 0 Å². The largest absolute Gasteiger partial charge is 0.317 e.